The summed E-state index contributed by atoms with van der Waals surface area (Å²) >= 11 is 0. The zero-order valence-electron chi connectivity index (χ0n) is 13.2. The summed E-state index contributed by atoms with van der Waals surface area (Å²) < 4.78 is 0. The number of aryl methyl sites for hydroxylation is 3. The molecule has 3 heteroatoms. The summed E-state index contributed by atoms with van der Waals surface area (Å²) in [6.45, 7) is 10.6. The van der Waals surface area contributed by atoms with Crippen LogP contribution in [0.1, 0.15) is 42.1 Å². The number of nitrogens with zero attached hydrogens (tertiary/aromatic N) is 2. The molecule has 0 saturated heterocycles. The van der Waals surface area contributed by atoms with Crippen molar-refractivity contribution < 1.29 is 0 Å². The SMILES string of the molecule is CNc1nc(-c2cc(C)ccc2C)nc(C)c1C(C)C. The molecule has 0 bridgehead atoms. The Morgan fingerprint density at radius 2 is 1.75 bits per heavy atom. The van der Waals surface area contributed by atoms with E-state index in [9.17, 15) is 0 Å². The van der Waals surface area contributed by atoms with Gasteiger partial charge in [-0.1, -0.05) is 31.5 Å². The van der Waals surface area contributed by atoms with E-state index in [0.717, 1.165) is 22.9 Å². The highest BCUT2D eigenvalue weighted by molar-refractivity contribution is 5.64. The summed E-state index contributed by atoms with van der Waals surface area (Å²) in [5, 5.41) is 3.21. The summed E-state index contributed by atoms with van der Waals surface area (Å²) in [7, 11) is 1.92. The van der Waals surface area contributed by atoms with Crippen molar-refractivity contribution in [2.75, 3.05) is 12.4 Å². The van der Waals surface area contributed by atoms with Gasteiger partial charge in [-0.05, 0) is 38.3 Å². The van der Waals surface area contributed by atoms with Crippen molar-refractivity contribution in [3.05, 3.63) is 40.6 Å². The predicted molar refractivity (Wildman–Crippen MR) is 85.3 cm³/mol. The Morgan fingerprint density at radius 3 is 2.35 bits per heavy atom. The molecule has 1 aromatic heterocycles. The van der Waals surface area contributed by atoms with Crippen LogP contribution >= 0.6 is 0 Å². The van der Waals surface area contributed by atoms with Gasteiger partial charge in [-0.15, -0.1) is 0 Å². The first kappa shape index (κ1) is 14.5. The monoisotopic (exact) mass is 269 g/mol. The molecule has 1 heterocycles. The number of anilines is 1. The molecule has 0 atom stereocenters. The minimum Gasteiger partial charge on any atom is -0.373 e. The van der Waals surface area contributed by atoms with E-state index >= 15 is 0 Å². The van der Waals surface area contributed by atoms with Gasteiger partial charge in [0.05, 0.1) is 0 Å². The van der Waals surface area contributed by atoms with Gasteiger partial charge in [0.15, 0.2) is 5.82 Å². The van der Waals surface area contributed by atoms with Crippen LogP contribution in [0.3, 0.4) is 0 Å². The van der Waals surface area contributed by atoms with Crippen molar-refractivity contribution in [3.8, 4) is 11.4 Å². The Bertz CT molecular complexity index is 630. The molecule has 3 nitrogen and oxygen atoms in total. The molecule has 0 aliphatic heterocycles. The molecule has 0 aliphatic rings. The van der Waals surface area contributed by atoms with Crippen molar-refractivity contribution in [2.45, 2.75) is 40.5 Å². The minimum absolute atomic E-state index is 0.408. The highest BCUT2D eigenvalue weighted by Crippen LogP contribution is 2.29. The average molecular weight is 269 g/mol. The topological polar surface area (TPSA) is 37.8 Å². The fourth-order valence-corrected chi connectivity index (χ4v) is 2.56. The Kier molecular flexibility index (Phi) is 4.07. The van der Waals surface area contributed by atoms with Gasteiger partial charge < -0.3 is 5.32 Å². The molecule has 0 fully saturated rings. The van der Waals surface area contributed by atoms with Crippen molar-refractivity contribution in [1.29, 1.82) is 0 Å². The number of hydrogen-bond acceptors (Lipinski definition) is 3. The summed E-state index contributed by atoms with van der Waals surface area (Å²) in [5.41, 5.74) is 5.79. The Morgan fingerprint density at radius 1 is 1.05 bits per heavy atom. The van der Waals surface area contributed by atoms with Gasteiger partial charge in [0, 0.05) is 23.9 Å². The summed E-state index contributed by atoms with van der Waals surface area (Å²) in [6.07, 6.45) is 0. The van der Waals surface area contributed by atoms with Crippen LogP contribution in [-0.2, 0) is 0 Å². The maximum Gasteiger partial charge on any atom is 0.162 e. The lowest BCUT2D eigenvalue weighted by molar-refractivity contribution is 0.833. The van der Waals surface area contributed by atoms with Crippen LogP contribution in [0, 0.1) is 20.8 Å². The van der Waals surface area contributed by atoms with Crippen LogP contribution in [0.15, 0.2) is 18.2 Å². The van der Waals surface area contributed by atoms with E-state index in [2.05, 4.69) is 58.1 Å². The Hall–Kier alpha value is -1.90. The summed E-state index contributed by atoms with van der Waals surface area (Å²) in [4.78, 5) is 9.45. The normalized spacial score (nSPS) is 10.9. The Labute approximate surface area is 121 Å². The van der Waals surface area contributed by atoms with E-state index in [4.69, 9.17) is 9.97 Å². The van der Waals surface area contributed by atoms with E-state index in [1.54, 1.807) is 0 Å². The molecule has 0 spiro atoms. The number of hydrogen-bond donors (Lipinski definition) is 1. The predicted octanol–water partition coefficient (Wildman–Crippen LogP) is 4.23. The fraction of sp³-hybridized carbons (Fsp3) is 0.412. The zero-order valence-corrected chi connectivity index (χ0v) is 13.2. The maximum atomic E-state index is 4.72. The minimum atomic E-state index is 0.408. The van der Waals surface area contributed by atoms with Gasteiger partial charge in [0.1, 0.15) is 5.82 Å². The molecule has 0 aliphatic carbocycles. The molecule has 0 radical (unpaired) electrons. The molecule has 106 valence electrons. The quantitative estimate of drug-likeness (QED) is 0.906. The lowest BCUT2D eigenvalue weighted by Crippen LogP contribution is -2.07. The van der Waals surface area contributed by atoms with Crippen LogP contribution in [-0.4, -0.2) is 17.0 Å². The van der Waals surface area contributed by atoms with Crippen LogP contribution in [0.5, 0.6) is 0 Å². The van der Waals surface area contributed by atoms with Gasteiger partial charge in [-0.25, -0.2) is 9.97 Å². The first-order valence-electron chi connectivity index (χ1n) is 7.08. The van der Waals surface area contributed by atoms with Crippen LogP contribution < -0.4 is 5.32 Å². The second-order valence-electron chi connectivity index (χ2n) is 5.62. The molecule has 20 heavy (non-hydrogen) atoms. The van der Waals surface area contributed by atoms with E-state index in [-0.39, 0.29) is 0 Å². The lowest BCUT2D eigenvalue weighted by atomic mass is 10.0. The van der Waals surface area contributed by atoms with E-state index in [1.807, 2.05) is 7.05 Å². The van der Waals surface area contributed by atoms with E-state index in [0.29, 0.717) is 5.92 Å². The third-order valence-electron chi connectivity index (χ3n) is 3.58. The van der Waals surface area contributed by atoms with Crippen molar-refractivity contribution in [1.82, 2.24) is 9.97 Å². The highest BCUT2D eigenvalue weighted by atomic mass is 15.0. The van der Waals surface area contributed by atoms with Gasteiger partial charge in [0.25, 0.3) is 0 Å². The van der Waals surface area contributed by atoms with Crippen molar-refractivity contribution in [3.63, 3.8) is 0 Å². The third kappa shape index (κ3) is 2.67. The molecular formula is C17H23N3. The molecule has 0 amide bonds. The molecule has 2 aromatic rings. The maximum absolute atomic E-state index is 4.72. The van der Waals surface area contributed by atoms with Gasteiger partial charge in [-0.2, -0.15) is 0 Å². The molecule has 0 unspecified atom stereocenters. The summed E-state index contributed by atoms with van der Waals surface area (Å²) in [6, 6.07) is 6.39. The van der Waals surface area contributed by atoms with Crippen molar-refractivity contribution in [2.24, 2.45) is 0 Å². The third-order valence-corrected chi connectivity index (χ3v) is 3.58. The average Bonchev–Trinajstić information content (AvgIpc) is 2.40. The largest absolute Gasteiger partial charge is 0.373 e. The smallest absolute Gasteiger partial charge is 0.162 e. The number of benzene rings is 1. The fourth-order valence-electron chi connectivity index (χ4n) is 2.56. The Balaban J connectivity index is 2.64. The van der Waals surface area contributed by atoms with Gasteiger partial charge in [0.2, 0.25) is 0 Å². The highest BCUT2D eigenvalue weighted by Gasteiger charge is 2.15. The van der Waals surface area contributed by atoms with Crippen LogP contribution in [0.2, 0.25) is 0 Å². The molecular weight excluding hydrogens is 246 g/mol. The summed E-state index contributed by atoms with van der Waals surface area (Å²) in [5.74, 6) is 2.14. The van der Waals surface area contributed by atoms with Crippen molar-refractivity contribution >= 4 is 5.82 Å². The molecule has 2 rings (SSSR count). The molecule has 1 aromatic carbocycles. The first-order valence-corrected chi connectivity index (χ1v) is 7.08. The van der Waals surface area contributed by atoms with Gasteiger partial charge in [-0.3, -0.25) is 0 Å². The number of aromatic nitrogens is 2. The first-order chi connectivity index (χ1) is 9.43. The van der Waals surface area contributed by atoms with E-state index < -0.39 is 0 Å². The number of nitrogens with one attached hydrogen (secondary N) is 1. The van der Waals surface area contributed by atoms with Crippen LogP contribution in [0.25, 0.3) is 11.4 Å². The lowest BCUT2D eigenvalue weighted by Gasteiger charge is -2.16. The second-order valence-corrected chi connectivity index (χ2v) is 5.62. The standard InChI is InChI=1S/C17H23N3/c1-10(2)15-13(5)19-16(20-17(15)18-6)14-9-11(3)7-8-12(14)4/h7-10H,1-6H3,(H,18,19,20). The van der Waals surface area contributed by atoms with Crippen LogP contribution in [0.4, 0.5) is 5.82 Å². The van der Waals surface area contributed by atoms with E-state index in [1.165, 1.54) is 16.7 Å². The molecule has 1 N–H and O–H groups in total. The molecule has 0 saturated carbocycles. The number of rotatable bonds is 3. The zero-order chi connectivity index (χ0) is 14.9. The van der Waals surface area contributed by atoms with Gasteiger partial charge >= 0.3 is 0 Å². The second kappa shape index (κ2) is 5.61.